The minimum absolute atomic E-state index is 0.0476. The number of aryl methyl sites for hydroxylation is 1. The second-order valence-electron chi connectivity index (χ2n) is 5.98. The van der Waals surface area contributed by atoms with Gasteiger partial charge in [0.15, 0.2) is 5.82 Å². The molecular weight excluding hydrogens is 280 g/mol. The van der Waals surface area contributed by atoms with Crippen molar-refractivity contribution in [3.63, 3.8) is 0 Å². The van der Waals surface area contributed by atoms with Crippen LogP contribution in [0.15, 0.2) is 16.8 Å². The molecule has 0 bridgehead atoms. The highest BCUT2D eigenvalue weighted by Gasteiger charge is 2.20. The van der Waals surface area contributed by atoms with Crippen molar-refractivity contribution in [3.05, 3.63) is 24.0 Å². The second kappa shape index (κ2) is 6.48. The van der Waals surface area contributed by atoms with Crippen LogP contribution in [0.2, 0.25) is 0 Å². The summed E-state index contributed by atoms with van der Waals surface area (Å²) in [6.45, 7) is 6.27. The normalized spacial score (nSPS) is 18.5. The molecule has 0 radical (unpaired) electrons. The Balaban J connectivity index is 1.61. The zero-order valence-electron chi connectivity index (χ0n) is 13.5. The first-order valence-corrected chi connectivity index (χ1v) is 7.98. The van der Waals surface area contributed by atoms with Gasteiger partial charge in [-0.05, 0) is 39.9 Å². The maximum atomic E-state index is 5.26. The molecule has 1 aliphatic rings. The third kappa shape index (κ3) is 3.30. The molecule has 1 unspecified atom stereocenters. The van der Waals surface area contributed by atoms with E-state index >= 15 is 0 Å². The van der Waals surface area contributed by atoms with Crippen molar-refractivity contribution < 1.29 is 4.52 Å². The molecule has 0 aromatic carbocycles. The Morgan fingerprint density at radius 3 is 2.86 bits per heavy atom. The van der Waals surface area contributed by atoms with Gasteiger partial charge in [0.05, 0.1) is 6.04 Å². The van der Waals surface area contributed by atoms with Crippen molar-refractivity contribution >= 4 is 5.82 Å². The summed E-state index contributed by atoms with van der Waals surface area (Å²) >= 11 is 0. The first kappa shape index (κ1) is 15.0. The molecule has 1 fully saturated rings. The van der Waals surface area contributed by atoms with E-state index in [1.165, 1.54) is 0 Å². The summed E-state index contributed by atoms with van der Waals surface area (Å²) in [5.41, 5.74) is 0. The minimum Gasteiger partial charge on any atom is -0.357 e. The Kier molecular flexibility index (Phi) is 4.42. The maximum Gasteiger partial charge on any atom is 0.248 e. The molecule has 3 rings (SSSR count). The lowest BCUT2D eigenvalue weighted by Crippen LogP contribution is -2.31. The Labute approximate surface area is 130 Å². The number of hydrogen-bond donors (Lipinski definition) is 1. The number of nitrogens with one attached hydrogen (secondary N) is 1. The van der Waals surface area contributed by atoms with Gasteiger partial charge in [-0.1, -0.05) is 12.1 Å². The molecule has 1 aliphatic heterocycles. The molecule has 2 aromatic rings. The average Bonchev–Trinajstić information content (AvgIpc) is 3.17. The fraction of sp³-hybridized carbons (Fsp3) is 0.667. The van der Waals surface area contributed by atoms with Gasteiger partial charge in [-0.15, -0.1) is 0 Å². The Bertz CT molecular complexity index is 599. The number of hydrogen-bond acceptors (Lipinski definition) is 6. The first-order chi connectivity index (χ1) is 10.7. The van der Waals surface area contributed by atoms with Crippen LogP contribution < -0.4 is 5.32 Å². The molecule has 7 heteroatoms. The second-order valence-corrected chi connectivity index (χ2v) is 5.98. The molecule has 120 valence electrons. The van der Waals surface area contributed by atoms with E-state index in [2.05, 4.69) is 43.4 Å². The Hall–Kier alpha value is -1.89. The summed E-state index contributed by atoms with van der Waals surface area (Å²) < 4.78 is 7.34. The largest absolute Gasteiger partial charge is 0.357 e. The fourth-order valence-corrected chi connectivity index (χ4v) is 2.75. The van der Waals surface area contributed by atoms with E-state index in [4.69, 9.17) is 4.52 Å². The van der Waals surface area contributed by atoms with Gasteiger partial charge >= 0.3 is 0 Å². The van der Waals surface area contributed by atoms with E-state index < -0.39 is 0 Å². The van der Waals surface area contributed by atoms with Gasteiger partial charge in [0.25, 0.3) is 0 Å². The van der Waals surface area contributed by atoms with E-state index in [0.717, 1.165) is 44.0 Å². The number of piperidine rings is 1. The van der Waals surface area contributed by atoms with Crippen molar-refractivity contribution in [2.45, 2.75) is 45.2 Å². The van der Waals surface area contributed by atoms with Gasteiger partial charge in [0.2, 0.25) is 5.89 Å². The fourth-order valence-electron chi connectivity index (χ4n) is 2.75. The molecule has 7 nitrogen and oxygen atoms in total. The maximum absolute atomic E-state index is 5.26. The highest BCUT2D eigenvalue weighted by Crippen LogP contribution is 2.23. The van der Waals surface area contributed by atoms with Crippen LogP contribution in [0.1, 0.15) is 50.5 Å². The monoisotopic (exact) mass is 304 g/mol. The smallest absolute Gasteiger partial charge is 0.248 e. The zero-order chi connectivity index (χ0) is 15.5. The third-order valence-electron chi connectivity index (χ3n) is 4.21. The van der Waals surface area contributed by atoms with Crippen LogP contribution in [-0.4, -0.2) is 45.0 Å². The van der Waals surface area contributed by atoms with Crippen LogP contribution in [0.3, 0.4) is 0 Å². The molecule has 22 heavy (non-hydrogen) atoms. The van der Waals surface area contributed by atoms with E-state index in [1.807, 2.05) is 19.9 Å². The summed E-state index contributed by atoms with van der Waals surface area (Å²) in [4.78, 5) is 6.71. The van der Waals surface area contributed by atoms with Gasteiger partial charge in [-0.2, -0.15) is 10.1 Å². The molecule has 1 atom stereocenters. The third-order valence-corrected chi connectivity index (χ3v) is 4.21. The van der Waals surface area contributed by atoms with Crippen molar-refractivity contribution in [1.29, 1.82) is 0 Å². The lowest BCUT2D eigenvalue weighted by Gasteiger charge is -2.29. The lowest BCUT2D eigenvalue weighted by molar-refractivity contribution is 0.212. The van der Waals surface area contributed by atoms with E-state index in [9.17, 15) is 0 Å². The predicted octanol–water partition coefficient (Wildman–Crippen LogP) is 2.27. The topological polar surface area (TPSA) is 72.0 Å². The molecule has 0 amide bonds. The molecular formula is C15H24N6O. The van der Waals surface area contributed by atoms with Crippen LogP contribution in [0.4, 0.5) is 5.82 Å². The van der Waals surface area contributed by atoms with Crippen LogP contribution >= 0.6 is 0 Å². The highest BCUT2D eigenvalue weighted by atomic mass is 16.5. The van der Waals surface area contributed by atoms with Crippen molar-refractivity contribution in [2.75, 3.05) is 25.5 Å². The summed E-state index contributed by atoms with van der Waals surface area (Å²) in [5.74, 6) is 2.19. The molecule has 2 aromatic heterocycles. The zero-order valence-corrected chi connectivity index (χ0v) is 13.5. The standard InChI is InChI=1S/C15H24N6O/c1-4-13-17-15(22-19-13)11(2)16-14-7-10-21(18-14)12-5-8-20(3)9-6-12/h7,10-12H,4-6,8-9H2,1-3H3,(H,16,18). The summed E-state index contributed by atoms with van der Waals surface area (Å²) in [6.07, 6.45) is 5.13. The molecule has 0 aliphatic carbocycles. The van der Waals surface area contributed by atoms with Crippen LogP contribution in [0.5, 0.6) is 0 Å². The number of anilines is 1. The average molecular weight is 304 g/mol. The van der Waals surface area contributed by atoms with E-state index in [0.29, 0.717) is 11.9 Å². The number of likely N-dealkylation sites (tertiary alicyclic amines) is 1. The van der Waals surface area contributed by atoms with E-state index in [-0.39, 0.29) is 6.04 Å². The quantitative estimate of drug-likeness (QED) is 0.913. The van der Waals surface area contributed by atoms with E-state index in [1.54, 1.807) is 0 Å². The number of nitrogens with zero attached hydrogens (tertiary/aromatic N) is 5. The van der Waals surface area contributed by atoms with Gasteiger partial charge in [-0.25, -0.2) is 0 Å². The summed E-state index contributed by atoms with van der Waals surface area (Å²) in [6, 6.07) is 2.46. The van der Waals surface area contributed by atoms with Crippen LogP contribution in [0, 0.1) is 0 Å². The van der Waals surface area contributed by atoms with Gasteiger partial charge in [0, 0.05) is 18.7 Å². The van der Waals surface area contributed by atoms with Gasteiger partial charge in [-0.3, -0.25) is 4.68 Å². The van der Waals surface area contributed by atoms with Crippen molar-refractivity contribution in [3.8, 4) is 0 Å². The van der Waals surface area contributed by atoms with Crippen LogP contribution in [-0.2, 0) is 6.42 Å². The molecule has 0 saturated carbocycles. The Morgan fingerprint density at radius 1 is 1.41 bits per heavy atom. The summed E-state index contributed by atoms with van der Waals surface area (Å²) in [7, 11) is 2.17. The number of aromatic nitrogens is 4. The van der Waals surface area contributed by atoms with Crippen molar-refractivity contribution in [2.24, 2.45) is 0 Å². The van der Waals surface area contributed by atoms with Gasteiger partial charge < -0.3 is 14.7 Å². The predicted molar refractivity (Wildman–Crippen MR) is 83.7 cm³/mol. The van der Waals surface area contributed by atoms with Gasteiger partial charge in [0.1, 0.15) is 11.9 Å². The number of rotatable bonds is 5. The van der Waals surface area contributed by atoms with Crippen molar-refractivity contribution in [1.82, 2.24) is 24.8 Å². The lowest BCUT2D eigenvalue weighted by atomic mass is 10.1. The summed E-state index contributed by atoms with van der Waals surface area (Å²) in [5, 5.41) is 11.9. The SMILES string of the molecule is CCc1noc(C(C)Nc2ccn(C3CCN(C)CC3)n2)n1. The highest BCUT2D eigenvalue weighted by molar-refractivity contribution is 5.34. The molecule has 0 spiro atoms. The minimum atomic E-state index is -0.0476. The first-order valence-electron chi connectivity index (χ1n) is 7.98. The molecule has 1 saturated heterocycles. The molecule has 3 heterocycles. The van der Waals surface area contributed by atoms with Crippen LogP contribution in [0.25, 0.3) is 0 Å². The molecule has 1 N–H and O–H groups in total. The Morgan fingerprint density at radius 2 is 2.18 bits per heavy atom.